The van der Waals surface area contributed by atoms with Crippen LogP contribution in [0, 0.1) is 0 Å². The minimum absolute atomic E-state index is 0.124. The van der Waals surface area contributed by atoms with Crippen molar-refractivity contribution in [2.45, 2.75) is 6.29 Å². The highest BCUT2D eigenvalue weighted by Gasteiger charge is 2.43. The zero-order chi connectivity index (χ0) is 15.6. The molecule has 0 spiro atoms. The molecule has 114 valence electrons. The molecule has 0 bridgehead atoms. The second-order valence-corrected chi connectivity index (χ2v) is 4.44. The largest absolute Gasteiger partial charge is 0.586 e. The number of benzene rings is 1. The number of carboxylic acid groups (broad SMARTS) is 1. The first-order chi connectivity index (χ1) is 9.75. The summed E-state index contributed by atoms with van der Waals surface area (Å²) >= 11 is 0. The van der Waals surface area contributed by atoms with E-state index in [0.717, 1.165) is 0 Å². The third kappa shape index (κ3) is 4.02. The van der Waals surface area contributed by atoms with Gasteiger partial charge in [-0.2, -0.15) is 0 Å². The molecule has 1 aromatic rings. The number of hydrogen-bond acceptors (Lipinski definition) is 5. The van der Waals surface area contributed by atoms with Crippen LogP contribution < -0.4 is 14.8 Å². The summed E-state index contributed by atoms with van der Waals surface area (Å²) in [5, 5.41) is 11.0. The Labute approximate surface area is 118 Å². The number of aliphatic carboxylic acids is 1. The number of anilines is 1. The lowest BCUT2D eigenvalue weighted by Gasteiger charge is -2.13. The summed E-state index contributed by atoms with van der Waals surface area (Å²) in [6, 6.07) is 3.82. The van der Waals surface area contributed by atoms with Gasteiger partial charge in [0, 0.05) is 11.8 Å². The summed E-state index contributed by atoms with van der Waals surface area (Å²) in [5.74, 6) is -1.85. The number of amides is 1. The lowest BCUT2D eigenvalue weighted by atomic mass is 10.2. The molecule has 0 aliphatic carbocycles. The van der Waals surface area contributed by atoms with E-state index in [1.165, 1.54) is 30.1 Å². The number of ether oxygens (including phenoxy) is 2. The molecular weight excluding hydrogens is 290 g/mol. The fourth-order valence-electron chi connectivity index (χ4n) is 1.76. The fourth-order valence-corrected chi connectivity index (χ4v) is 1.76. The van der Waals surface area contributed by atoms with Gasteiger partial charge in [0.15, 0.2) is 11.5 Å². The van der Waals surface area contributed by atoms with E-state index in [4.69, 9.17) is 5.11 Å². The van der Waals surface area contributed by atoms with Crippen LogP contribution in [0.3, 0.4) is 0 Å². The van der Waals surface area contributed by atoms with Crippen molar-refractivity contribution in [1.29, 1.82) is 0 Å². The van der Waals surface area contributed by atoms with Gasteiger partial charge in [-0.15, -0.1) is 8.78 Å². The number of halogens is 2. The lowest BCUT2D eigenvalue weighted by molar-refractivity contribution is -0.286. The Kier molecular flexibility index (Phi) is 3.94. The molecule has 1 aromatic carbocycles. The Hall–Kier alpha value is -2.42. The lowest BCUT2D eigenvalue weighted by Crippen LogP contribution is -2.33. The van der Waals surface area contributed by atoms with Gasteiger partial charge < -0.3 is 19.9 Å². The number of nitrogens with one attached hydrogen (secondary N) is 1. The minimum atomic E-state index is -3.72. The van der Waals surface area contributed by atoms with Gasteiger partial charge in [-0.25, -0.2) is 0 Å². The molecule has 0 atom stereocenters. The Morgan fingerprint density at radius 2 is 1.95 bits per heavy atom. The highest BCUT2D eigenvalue weighted by atomic mass is 19.3. The molecule has 0 unspecified atom stereocenters. The molecule has 1 amide bonds. The predicted octanol–water partition coefficient (Wildman–Crippen LogP) is 0.963. The number of carbonyl (C=O) groups excluding carboxylic acids is 1. The Bertz CT molecular complexity index is 579. The molecule has 1 aliphatic rings. The molecule has 21 heavy (non-hydrogen) atoms. The van der Waals surface area contributed by atoms with Crippen LogP contribution in [0.1, 0.15) is 0 Å². The van der Waals surface area contributed by atoms with Crippen molar-refractivity contribution in [2.75, 3.05) is 25.5 Å². The second kappa shape index (κ2) is 5.52. The van der Waals surface area contributed by atoms with Crippen molar-refractivity contribution in [2.24, 2.45) is 0 Å². The van der Waals surface area contributed by atoms with Crippen LogP contribution in [-0.2, 0) is 9.59 Å². The number of hydrogen-bond donors (Lipinski definition) is 2. The van der Waals surface area contributed by atoms with E-state index in [2.05, 4.69) is 14.8 Å². The Morgan fingerprint density at radius 3 is 2.62 bits per heavy atom. The molecular formula is C12H12F2N2O5. The van der Waals surface area contributed by atoms with Crippen molar-refractivity contribution >= 4 is 17.6 Å². The quantitative estimate of drug-likeness (QED) is 0.842. The van der Waals surface area contributed by atoms with Gasteiger partial charge in [-0.05, 0) is 19.2 Å². The van der Waals surface area contributed by atoms with E-state index < -0.39 is 18.2 Å². The summed E-state index contributed by atoms with van der Waals surface area (Å²) in [5.41, 5.74) is 0.240. The van der Waals surface area contributed by atoms with Crippen LogP contribution in [0.15, 0.2) is 18.2 Å². The monoisotopic (exact) mass is 302 g/mol. The predicted molar refractivity (Wildman–Crippen MR) is 66.4 cm³/mol. The highest BCUT2D eigenvalue weighted by molar-refractivity contribution is 5.92. The zero-order valence-corrected chi connectivity index (χ0v) is 10.9. The van der Waals surface area contributed by atoms with Gasteiger partial charge >= 0.3 is 12.3 Å². The third-order valence-electron chi connectivity index (χ3n) is 2.50. The average Bonchev–Trinajstić information content (AvgIpc) is 2.60. The highest BCUT2D eigenvalue weighted by Crippen LogP contribution is 2.42. The molecule has 0 saturated carbocycles. The molecule has 2 rings (SSSR count). The van der Waals surface area contributed by atoms with Gasteiger partial charge in [0.25, 0.3) is 0 Å². The van der Waals surface area contributed by atoms with Gasteiger partial charge in [0.2, 0.25) is 5.91 Å². The standard InChI is InChI=1S/C12H12F2N2O5/c1-16(6-11(18)19)5-10(17)15-7-2-3-8-9(4-7)21-12(13,14)20-8/h2-4H,5-6H2,1H3,(H,15,17)(H,18,19). The van der Waals surface area contributed by atoms with Gasteiger partial charge in [0.05, 0.1) is 13.1 Å². The smallest absolute Gasteiger partial charge is 0.480 e. The number of likely N-dealkylation sites (N-methyl/N-ethyl adjacent to an activating group) is 1. The van der Waals surface area contributed by atoms with Crippen molar-refractivity contribution in [3.8, 4) is 11.5 Å². The van der Waals surface area contributed by atoms with Crippen LogP contribution in [0.5, 0.6) is 11.5 Å². The first kappa shape index (κ1) is 15.0. The van der Waals surface area contributed by atoms with Crippen molar-refractivity contribution in [1.82, 2.24) is 4.90 Å². The van der Waals surface area contributed by atoms with Crippen LogP contribution in [-0.4, -0.2) is 48.3 Å². The first-order valence-corrected chi connectivity index (χ1v) is 5.85. The third-order valence-corrected chi connectivity index (χ3v) is 2.50. The van der Waals surface area contributed by atoms with E-state index >= 15 is 0 Å². The minimum Gasteiger partial charge on any atom is -0.480 e. The van der Waals surface area contributed by atoms with Gasteiger partial charge in [0.1, 0.15) is 0 Å². The number of alkyl halides is 2. The summed E-state index contributed by atoms with van der Waals surface area (Å²) in [4.78, 5) is 23.4. The van der Waals surface area contributed by atoms with E-state index in [1.54, 1.807) is 0 Å². The van der Waals surface area contributed by atoms with Crippen molar-refractivity contribution in [3.63, 3.8) is 0 Å². The van der Waals surface area contributed by atoms with Crippen LogP contribution in [0.4, 0.5) is 14.5 Å². The number of fused-ring (bicyclic) bond motifs is 1. The summed E-state index contributed by atoms with van der Waals surface area (Å²) in [6.07, 6.45) is -3.72. The van der Waals surface area contributed by atoms with Crippen molar-refractivity contribution < 1.29 is 33.0 Å². The molecule has 1 aliphatic heterocycles. The summed E-state index contributed by atoms with van der Waals surface area (Å²) < 4.78 is 34.1. The molecule has 0 radical (unpaired) electrons. The number of rotatable bonds is 5. The van der Waals surface area contributed by atoms with Crippen LogP contribution in [0.2, 0.25) is 0 Å². The molecule has 9 heteroatoms. The van der Waals surface area contributed by atoms with Crippen molar-refractivity contribution in [3.05, 3.63) is 18.2 Å². The number of carbonyl (C=O) groups is 2. The maximum atomic E-state index is 12.8. The molecule has 1 heterocycles. The van der Waals surface area contributed by atoms with E-state index in [0.29, 0.717) is 0 Å². The maximum absolute atomic E-state index is 12.8. The molecule has 0 fully saturated rings. The molecule has 7 nitrogen and oxygen atoms in total. The molecule has 0 aromatic heterocycles. The normalized spacial score (nSPS) is 15.0. The Morgan fingerprint density at radius 1 is 1.29 bits per heavy atom. The maximum Gasteiger partial charge on any atom is 0.586 e. The average molecular weight is 302 g/mol. The SMILES string of the molecule is CN(CC(=O)O)CC(=O)Nc1ccc2c(c1)OC(F)(F)O2. The summed E-state index contributed by atoms with van der Waals surface area (Å²) in [6.45, 7) is -0.447. The molecule has 0 saturated heterocycles. The van der Waals surface area contributed by atoms with Gasteiger partial charge in [-0.3, -0.25) is 14.5 Å². The second-order valence-electron chi connectivity index (χ2n) is 4.44. The van der Waals surface area contributed by atoms with E-state index in [-0.39, 0.29) is 30.3 Å². The zero-order valence-electron chi connectivity index (χ0n) is 10.9. The fraction of sp³-hybridized carbons (Fsp3) is 0.333. The topological polar surface area (TPSA) is 88.1 Å². The van der Waals surface area contributed by atoms with Gasteiger partial charge in [-0.1, -0.05) is 0 Å². The number of carboxylic acids is 1. The van der Waals surface area contributed by atoms with E-state index in [9.17, 15) is 18.4 Å². The number of nitrogens with zero attached hydrogens (tertiary/aromatic N) is 1. The Balaban J connectivity index is 1.95. The van der Waals surface area contributed by atoms with Crippen LogP contribution in [0.25, 0.3) is 0 Å². The van der Waals surface area contributed by atoms with E-state index in [1.807, 2.05) is 0 Å². The van der Waals surface area contributed by atoms with Crippen LogP contribution >= 0.6 is 0 Å². The first-order valence-electron chi connectivity index (χ1n) is 5.85. The summed E-state index contributed by atoms with van der Waals surface area (Å²) in [7, 11) is 1.47. The molecule has 2 N–H and O–H groups in total.